The van der Waals surface area contributed by atoms with E-state index in [-0.39, 0.29) is 17.4 Å². The van der Waals surface area contributed by atoms with Gasteiger partial charge >= 0.3 is 0 Å². The Balaban J connectivity index is 2.01. The molecule has 0 bridgehead atoms. The predicted molar refractivity (Wildman–Crippen MR) is 67.9 cm³/mol. The summed E-state index contributed by atoms with van der Waals surface area (Å²) in [5, 5.41) is 11.8. The number of amides is 1. The predicted octanol–water partition coefficient (Wildman–Crippen LogP) is 1.30. The van der Waals surface area contributed by atoms with Gasteiger partial charge in [-0.2, -0.15) is 0 Å². The zero-order valence-corrected chi connectivity index (χ0v) is 9.63. The Kier molecular flexibility index (Phi) is 3.43. The highest BCUT2D eigenvalue weighted by Gasteiger charge is 2.09. The van der Waals surface area contributed by atoms with Crippen molar-refractivity contribution in [3.8, 4) is 5.75 Å². The van der Waals surface area contributed by atoms with Gasteiger partial charge in [0.25, 0.3) is 5.91 Å². The fraction of sp³-hybridized carbons (Fsp3) is 0.0769. The summed E-state index contributed by atoms with van der Waals surface area (Å²) in [5.41, 5.74) is 7.11. The van der Waals surface area contributed by atoms with Crippen molar-refractivity contribution in [1.29, 1.82) is 0 Å². The average molecular weight is 243 g/mol. The van der Waals surface area contributed by atoms with Crippen molar-refractivity contribution >= 4 is 11.6 Å². The molecule has 0 spiro atoms. The largest absolute Gasteiger partial charge is 0.508 e. The maximum Gasteiger partial charge on any atom is 0.272 e. The van der Waals surface area contributed by atoms with Crippen molar-refractivity contribution in [1.82, 2.24) is 10.3 Å². The van der Waals surface area contributed by atoms with Crippen LogP contribution >= 0.6 is 0 Å². The van der Waals surface area contributed by atoms with Crippen LogP contribution in [-0.2, 0) is 6.54 Å². The molecule has 4 N–H and O–H groups in total. The van der Waals surface area contributed by atoms with Crippen LogP contribution in [0.25, 0.3) is 0 Å². The lowest BCUT2D eigenvalue weighted by Crippen LogP contribution is -2.24. The molecule has 0 aliphatic rings. The number of phenolic OH excluding ortho intramolecular Hbond substituents is 1. The van der Waals surface area contributed by atoms with Crippen LogP contribution in [0.4, 0.5) is 5.69 Å². The first-order valence-corrected chi connectivity index (χ1v) is 5.43. The number of carbonyl (C=O) groups excluding carboxylic acids is 1. The molecule has 1 aromatic carbocycles. The molecule has 0 radical (unpaired) electrons. The number of nitrogens with zero attached hydrogens (tertiary/aromatic N) is 1. The summed E-state index contributed by atoms with van der Waals surface area (Å²) in [6.07, 6.45) is 1.52. The minimum absolute atomic E-state index is 0.194. The van der Waals surface area contributed by atoms with Gasteiger partial charge in [-0.25, -0.2) is 4.98 Å². The quantitative estimate of drug-likeness (QED) is 0.758. The zero-order chi connectivity index (χ0) is 13.0. The smallest absolute Gasteiger partial charge is 0.272 e. The fourth-order valence-electron chi connectivity index (χ4n) is 1.49. The average Bonchev–Trinajstić information content (AvgIpc) is 2.38. The maximum atomic E-state index is 11.8. The number of pyridine rings is 1. The van der Waals surface area contributed by atoms with Gasteiger partial charge in [0.1, 0.15) is 5.75 Å². The standard InChI is InChI=1S/C13H13N3O2/c14-11-2-1-7-15-12(11)13(18)16-8-9-3-5-10(17)6-4-9/h1-7,17H,8,14H2,(H,16,18). The lowest BCUT2D eigenvalue weighted by molar-refractivity contribution is 0.0947. The number of phenols is 1. The van der Waals surface area contributed by atoms with E-state index in [1.54, 1.807) is 36.4 Å². The molecule has 1 aromatic heterocycles. The number of carbonyl (C=O) groups is 1. The van der Waals surface area contributed by atoms with Gasteiger partial charge in [0.2, 0.25) is 0 Å². The van der Waals surface area contributed by atoms with Crippen LogP contribution in [0.15, 0.2) is 42.6 Å². The van der Waals surface area contributed by atoms with E-state index in [0.29, 0.717) is 12.2 Å². The minimum atomic E-state index is -0.318. The molecule has 1 amide bonds. The second-order valence-electron chi connectivity index (χ2n) is 3.79. The molecule has 2 aromatic rings. The molecule has 0 saturated carbocycles. The van der Waals surface area contributed by atoms with E-state index < -0.39 is 0 Å². The summed E-state index contributed by atoms with van der Waals surface area (Å²) in [4.78, 5) is 15.7. The number of hydrogen-bond acceptors (Lipinski definition) is 4. The van der Waals surface area contributed by atoms with E-state index in [1.807, 2.05) is 0 Å². The first-order valence-electron chi connectivity index (χ1n) is 5.43. The summed E-state index contributed by atoms with van der Waals surface area (Å²) >= 11 is 0. The number of nitrogen functional groups attached to an aromatic ring is 1. The van der Waals surface area contributed by atoms with Crippen molar-refractivity contribution in [2.24, 2.45) is 0 Å². The second-order valence-corrected chi connectivity index (χ2v) is 3.79. The van der Waals surface area contributed by atoms with E-state index >= 15 is 0 Å². The Morgan fingerprint density at radius 3 is 2.67 bits per heavy atom. The molecule has 0 saturated heterocycles. The first-order chi connectivity index (χ1) is 8.66. The topological polar surface area (TPSA) is 88.2 Å². The highest BCUT2D eigenvalue weighted by Crippen LogP contribution is 2.10. The third-order valence-electron chi connectivity index (χ3n) is 2.44. The Morgan fingerprint density at radius 1 is 1.28 bits per heavy atom. The number of nitrogens with one attached hydrogen (secondary N) is 1. The molecule has 0 fully saturated rings. The lowest BCUT2D eigenvalue weighted by Gasteiger charge is -2.06. The van der Waals surface area contributed by atoms with Crippen LogP contribution < -0.4 is 11.1 Å². The van der Waals surface area contributed by atoms with Gasteiger partial charge in [0, 0.05) is 12.7 Å². The van der Waals surface area contributed by atoms with Gasteiger partial charge in [0.05, 0.1) is 5.69 Å². The number of benzene rings is 1. The molecular weight excluding hydrogens is 230 g/mol. The van der Waals surface area contributed by atoms with Crippen molar-refractivity contribution in [3.05, 3.63) is 53.9 Å². The number of aromatic nitrogens is 1. The van der Waals surface area contributed by atoms with Crippen LogP contribution in [0.3, 0.4) is 0 Å². The van der Waals surface area contributed by atoms with Gasteiger partial charge in [-0.05, 0) is 29.8 Å². The lowest BCUT2D eigenvalue weighted by atomic mass is 10.2. The molecule has 2 rings (SSSR count). The Hall–Kier alpha value is -2.56. The summed E-state index contributed by atoms with van der Waals surface area (Å²) in [5.74, 6) is -0.125. The second kappa shape index (κ2) is 5.18. The van der Waals surface area contributed by atoms with E-state index in [1.165, 1.54) is 6.20 Å². The molecule has 0 aliphatic heterocycles. The van der Waals surface area contributed by atoms with Crippen molar-refractivity contribution in [3.63, 3.8) is 0 Å². The molecule has 5 nitrogen and oxygen atoms in total. The SMILES string of the molecule is Nc1cccnc1C(=O)NCc1ccc(O)cc1. The van der Waals surface area contributed by atoms with Gasteiger partial charge in [-0.1, -0.05) is 12.1 Å². The fourth-order valence-corrected chi connectivity index (χ4v) is 1.49. The molecule has 0 atom stereocenters. The molecule has 92 valence electrons. The van der Waals surface area contributed by atoms with Crippen molar-refractivity contribution in [2.45, 2.75) is 6.54 Å². The van der Waals surface area contributed by atoms with Gasteiger partial charge in [-0.3, -0.25) is 4.79 Å². The molecular formula is C13H13N3O2. The molecule has 1 heterocycles. The van der Waals surface area contributed by atoms with Gasteiger partial charge < -0.3 is 16.2 Å². The summed E-state index contributed by atoms with van der Waals surface area (Å²) in [7, 11) is 0. The molecule has 18 heavy (non-hydrogen) atoms. The summed E-state index contributed by atoms with van der Waals surface area (Å²) in [6.45, 7) is 0.356. The van der Waals surface area contributed by atoms with Crippen LogP contribution in [0.2, 0.25) is 0 Å². The Bertz CT molecular complexity index is 552. The highest BCUT2D eigenvalue weighted by molar-refractivity contribution is 5.96. The Labute approximate surface area is 104 Å². The number of rotatable bonds is 3. The van der Waals surface area contributed by atoms with Crippen LogP contribution in [0, 0.1) is 0 Å². The first kappa shape index (κ1) is 11.9. The summed E-state index contributed by atoms with van der Waals surface area (Å²) < 4.78 is 0. The van der Waals surface area contributed by atoms with Gasteiger partial charge in [-0.15, -0.1) is 0 Å². The minimum Gasteiger partial charge on any atom is -0.508 e. The number of aromatic hydroxyl groups is 1. The van der Waals surface area contributed by atoms with E-state index in [0.717, 1.165) is 5.56 Å². The van der Waals surface area contributed by atoms with E-state index in [2.05, 4.69) is 10.3 Å². The van der Waals surface area contributed by atoms with Crippen molar-refractivity contribution in [2.75, 3.05) is 5.73 Å². The van der Waals surface area contributed by atoms with E-state index in [4.69, 9.17) is 10.8 Å². The highest BCUT2D eigenvalue weighted by atomic mass is 16.3. The number of anilines is 1. The normalized spacial score (nSPS) is 10.0. The maximum absolute atomic E-state index is 11.8. The molecule has 0 aliphatic carbocycles. The molecule has 5 heteroatoms. The number of hydrogen-bond donors (Lipinski definition) is 3. The molecule has 0 unspecified atom stereocenters. The van der Waals surface area contributed by atoms with Gasteiger partial charge in [0.15, 0.2) is 5.69 Å². The Morgan fingerprint density at radius 2 is 2.00 bits per heavy atom. The monoisotopic (exact) mass is 243 g/mol. The third-order valence-corrected chi connectivity index (χ3v) is 2.44. The van der Waals surface area contributed by atoms with Crippen LogP contribution in [-0.4, -0.2) is 16.0 Å². The van der Waals surface area contributed by atoms with E-state index in [9.17, 15) is 4.79 Å². The van der Waals surface area contributed by atoms with Crippen molar-refractivity contribution < 1.29 is 9.90 Å². The third kappa shape index (κ3) is 2.76. The van der Waals surface area contributed by atoms with Crippen LogP contribution in [0.1, 0.15) is 16.1 Å². The van der Waals surface area contributed by atoms with Crippen LogP contribution in [0.5, 0.6) is 5.75 Å². The summed E-state index contributed by atoms with van der Waals surface area (Å²) in [6, 6.07) is 9.90. The number of nitrogens with two attached hydrogens (primary N) is 1. The zero-order valence-electron chi connectivity index (χ0n) is 9.63.